The van der Waals surface area contributed by atoms with Gasteiger partial charge in [-0.25, -0.2) is 0 Å². The molecule has 6 heteroatoms. The number of methoxy groups -OCH3 is 2. The predicted molar refractivity (Wildman–Crippen MR) is 100 cm³/mol. The summed E-state index contributed by atoms with van der Waals surface area (Å²) in [5.74, 6) is 0.0693. The lowest BCUT2D eigenvalue weighted by molar-refractivity contribution is -0.144. The highest BCUT2D eigenvalue weighted by Gasteiger charge is 2.55. The Balaban J connectivity index is 2.06. The minimum absolute atomic E-state index is 0.0556. The molecule has 1 aliphatic rings. The van der Waals surface area contributed by atoms with Crippen LogP contribution in [0.5, 0.6) is 5.75 Å². The lowest BCUT2D eigenvalue weighted by atomic mass is 9.93. The van der Waals surface area contributed by atoms with Gasteiger partial charge < -0.3 is 14.8 Å². The molecule has 0 radical (unpaired) electrons. The molecule has 0 aliphatic carbocycles. The smallest absolute Gasteiger partial charge is 0.325 e. The largest absolute Gasteiger partial charge is 0.497 e. The summed E-state index contributed by atoms with van der Waals surface area (Å²) >= 11 is 1.36. The normalized spacial score (nSPS) is 22.0. The lowest BCUT2D eigenvalue weighted by Crippen LogP contribution is -2.41. The molecular weight excluding hydrogens is 350 g/mol. The van der Waals surface area contributed by atoms with Crippen molar-refractivity contribution in [2.75, 3.05) is 14.2 Å². The van der Waals surface area contributed by atoms with Crippen molar-refractivity contribution in [2.45, 2.75) is 29.0 Å². The molecule has 0 saturated carbocycles. The van der Waals surface area contributed by atoms with E-state index in [1.165, 1.54) is 18.9 Å². The number of nitrogens with one attached hydrogen (secondary N) is 1. The van der Waals surface area contributed by atoms with Crippen LogP contribution in [0.15, 0.2) is 53.4 Å². The Kier molecular flexibility index (Phi) is 5.23. The molecule has 2 aromatic carbocycles. The van der Waals surface area contributed by atoms with Gasteiger partial charge in [-0.15, -0.1) is 11.8 Å². The number of amides is 1. The number of rotatable bonds is 5. The number of carbonyl (C=O) groups excluding carboxylic acids is 2. The summed E-state index contributed by atoms with van der Waals surface area (Å²) in [7, 11) is 2.94. The monoisotopic (exact) mass is 371 g/mol. The maximum atomic E-state index is 12.8. The summed E-state index contributed by atoms with van der Waals surface area (Å²) in [5.41, 5.74) is 1.94. The second-order valence-corrected chi connectivity index (χ2v) is 7.65. The van der Waals surface area contributed by atoms with Crippen LogP contribution < -0.4 is 10.1 Å². The van der Waals surface area contributed by atoms with Crippen LogP contribution in [0.1, 0.15) is 23.6 Å². The topological polar surface area (TPSA) is 64.6 Å². The van der Waals surface area contributed by atoms with Crippen molar-refractivity contribution in [3.8, 4) is 5.75 Å². The zero-order chi connectivity index (χ0) is 18.7. The first kappa shape index (κ1) is 18.3. The Bertz CT molecular complexity index is 821. The number of hydrogen-bond acceptors (Lipinski definition) is 5. The highest BCUT2D eigenvalue weighted by molar-refractivity contribution is 8.01. The maximum Gasteiger partial charge on any atom is 0.325 e. The summed E-state index contributed by atoms with van der Waals surface area (Å²) in [6, 6.07) is 14.8. The van der Waals surface area contributed by atoms with Gasteiger partial charge in [0, 0.05) is 4.90 Å². The Morgan fingerprint density at radius 2 is 1.92 bits per heavy atom. The Morgan fingerprint density at radius 1 is 1.19 bits per heavy atom. The van der Waals surface area contributed by atoms with E-state index in [1.807, 2.05) is 55.5 Å². The van der Waals surface area contributed by atoms with E-state index in [0.717, 1.165) is 16.0 Å². The van der Waals surface area contributed by atoms with Crippen LogP contribution in [0.25, 0.3) is 0 Å². The van der Waals surface area contributed by atoms with Crippen molar-refractivity contribution < 1.29 is 19.1 Å². The minimum atomic E-state index is -1.08. The van der Waals surface area contributed by atoms with E-state index in [0.29, 0.717) is 5.75 Å². The van der Waals surface area contributed by atoms with Crippen molar-refractivity contribution in [3.63, 3.8) is 0 Å². The average molecular weight is 371 g/mol. The van der Waals surface area contributed by atoms with Crippen LogP contribution >= 0.6 is 11.8 Å². The van der Waals surface area contributed by atoms with Gasteiger partial charge in [-0.05, 0) is 36.8 Å². The zero-order valence-corrected chi connectivity index (χ0v) is 15.8. The van der Waals surface area contributed by atoms with E-state index in [-0.39, 0.29) is 12.3 Å². The highest BCUT2D eigenvalue weighted by Crippen LogP contribution is 2.49. The molecule has 2 aromatic rings. The molecule has 136 valence electrons. The van der Waals surface area contributed by atoms with Gasteiger partial charge in [-0.2, -0.15) is 0 Å². The highest BCUT2D eigenvalue weighted by atomic mass is 32.2. The molecule has 5 nitrogen and oxygen atoms in total. The van der Waals surface area contributed by atoms with Crippen LogP contribution in [0.4, 0.5) is 0 Å². The summed E-state index contributed by atoms with van der Waals surface area (Å²) in [4.78, 5) is 26.0. The molecule has 2 atom stereocenters. The van der Waals surface area contributed by atoms with Crippen LogP contribution in [0, 0.1) is 6.92 Å². The van der Waals surface area contributed by atoms with Crippen molar-refractivity contribution in [3.05, 3.63) is 59.7 Å². The van der Waals surface area contributed by atoms with Crippen molar-refractivity contribution in [1.82, 2.24) is 5.32 Å². The quantitative estimate of drug-likeness (QED) is 0.817. The van der Waals surface area contributed by atoms with Gasteiger partial charge in [0.2, 0.25) is 5.91 Å². The molecule has 1 N–H and O–H groups in total. The van der Waals surface area contributed by atoms with Crippen molar-refractivity contribution in [2.24, 2.45) is 0 Å². The van der Waals surface area contributed by atoms with E-state index in [9.17, 15) is 9.59 Å². The summed E-state index contributed by atoms with van der Waals surface area (Å²) in [5, 5.41) is 2.94. The second-order valence-electron chi connectivity index (χ2n) is 6.25. The van der Waals surface area contributed by atoms with E-state index < -0.39 is 16.8 Å². The van der Waals surface area contributed by atoms with Gasteiger partial charge >= 0.3 is 5.97 Å². The van der Waals surface area contributed by atoms with E-state index in [4.69, 9.17) is 9.47 Å². The molecule has 1 aliphatic heterocycles. The molecular formula is C20H21NO4S. The summed E-state index contributed by atoms with van der Waals surface area (Å²) in [6.07, 6.45) is 0.0556. The summed E-state index contributed by atoms with van der Waals surface area (Å²) < 4.78 is 9.32. The SMILES string of the molecule is COC(=O)[C@@]1(Sc2ccc(C)cc2)CC(=O)N[C@@H]1c1cccc(OC)c1. The fraction of sp³-hybridized carbons (Fsp3) is 0.300. The molecule has 1 saturated heterocycles. The zero-order valence-electron chi connectivity index (χ0n) is 14.9. The summed E-state index contributed by atoms with van der Waals surface area (Å²) in [6.45, 7) is 2.00. The van der Waals surface area contributed by atoms with Gasteiger partial charge in [0.1, 0.15) is 5.75 Å². The number of hydrogen-bond donors (Lipinski definition) is 1. The Morgan fingerprint density at radius 3 is 2.58 bits per heavy atom. The van der Waals surface area contributed by atoms with E-state index >= 15 is 0 Å². The number of esters is 1. The fourth-order valence-electron chi connectivity index (χ4n) is 3.16. The van der Waals surface area contributed by atoms with E-state index in [1.54, 1.807) is 7.11 Å². The lowest BCUT2D eigenvalue weighted by Gasteiger charge is -2.31. The van der Waals surface area contributed by atoms with Gasteiger partial charge in [0.15, 0.2) is 4.75 Å². The van der Waals surface area contributed by atoms with Crippen LogP contribution in [-0.2, 0) is 14.3 Å². The van der Waals surface area contributed by atoms with Crippen LogP contribution in [0.3, 0.4) is 0 Å². The molecule has 1 amide bonds. The van der Waals surface area contributed by atoms with Crippen LogP contribution in [-0.4, -0.2) is 30.8 Å². The Labute approximate surface area is 157 Å². The molecule has 1 fully saturated rings. The second kappa shape index (κ2) is 7.41. The van der Waals surface area contributed by atoms with Gasteiger partial charge in [0.05, 0.1) is 26.7 Å². The number of carbonyl (C=O) groups is 2. The first-order valence-corrected chi connectivity index (χ1v) is 9.07. The third-order valence-corrected chi connectivity index (χ3v) is 5.89. The Hall–Kier alpha value is -2.47. The van der Waals surface area contributed by atoms with Crippen molar-refractivity contribution >= 4 is 23.6 Å². The predicted octanol–water partition coefficient (Wildman–Crippen LogP) is 3.27. The van der Waals surface area contributed by atoms with Gasteiger partial charge in [0.25, 0.3) is 0 Å². The molecule has 0 unspecified atom stereocenters. The number of aryl methyl sites for hydroxylation is 1. The third-order valence-electron chi connectivity index (χ3n) is 4.47. The molecule has 0 bridgehead atoms. The minimum Gasteiger partial charge on any atom is -0.497 e. The van der Waals surface area contributed by atoms with Gasteiger partial charge in [-0.1, -0.05) is 29.8 Å². The van der Waals surface area contributed by atoms with E-state index in [2.05, 4.69) is 5.32 Å². The molecule has 0 aromatic heterocycles. The maximum absolute atomic E-state index is 12.8. The third kappa shape index (κ3) is 3.42. The average Bonchev–Trinajstić information content (AvgIpc) is 3.00. The molecule has 0 spiro atoms. The standard InChI is InChI=1S/C20H21NO4S/c1-13-7-9-16(10-8-13)26-20(19(23)25-3)12-17(22)21-18(20)14-5-4-6-15(11-14)24-2/h4-11,18H,12H2,1-3H3,(H,21,22)/t18-,20-/m1/s1. The molecule has 3 rings (SSSR count). The first-order chi connectivity index (χ1) is 12.5. The van der Waals surface area contributed by atoms with Gasteiger partial charge in [-0.3, -0.25) is 9.59 Å². The fourth-order valence-corrected chi connectivity index (χ4v) is 4.53. The van der Waals surface area contributed by atoms with Crippen LogP contribution in [0.2, 0.25) is 0 Å². The number of thioether (sulfide) groups is 1. The molecule has 1 heterocycles. The first-order valence-electron chi connectivity index (χ1n) is 8.26. The molecule has 26 heavy (non-hydrogen) atoms. The van der Waals surface area contributed by atoms with Crippen molar-refractivity contribution in [1.29, 1.82) is 0 Å². The number of benzene rings is 2. The number of ether oxygens (including phenoxy) is 2.